The van der Waals surface area contributed by atoms with Crippen LogP contribution >= 0.6 is 23.1 Å². The first-order valence-electron chi connectivity index (χ1n) is 7.56. The lowest BCUT2D eigenvalue weighted by atomic mass is 10.3. The number of phenolic OH excluding ortho intramolecular Hbond substituents is 1. The van der Waals surface area contributed by atoms with Crippen molar-refractivity contribution in [3.05, 3.63) is 41.5 Å². The summed E-state index contributed by atoms with van der Waals surface area (Å²) < 4.78 is 0. The number of hydrogen-bond acceptors (Lipinski definition) is 6. The highest BCUT2D eigenvalue weighted by Crippen LogP contribution is 2.33. The topological polar surface area (TPSA) is 75.1 Å². The molecule has 3 rings (SSSR count). The quantitative estimate of drug-likeness (QED) is 0.408. The summed E-state index contributed by atoms with van der Waals surface area (Å²) in [6.07, 6.45) is 2.51. The van der Waals surface area contributed by atoms with Crippen LogP contribution < -0.4 is 5.32 Å². The zero-order chi connectivity index (χ0) is 17.1. The highest BCUT2D eigenvalue weighted by Gasteiger charge is 2.18. The number of thiophene rings is 1. The second-order valence-electron chi connectivity index (χ2n) is 5.26. The van der Waals surface area contributed by atoms with Crippen LogP contribution in [0.2, 0.25) is 0 Å². The second kappa shape index (κ2) is 7.19. The van der Waals surface area contributed by atoms with Crippen molar-refractivity contribution in [3.8, 4) is 5.75 Å². The Balaban J connectivity index is 1.74. The minimum absolute atomic E-state index is 0.108. The molecule has 0 aliphatic rings. The van der Waals surface area contributed by atoms with Crippen molar-refractivity contribution in [2.45, 2.75) is 30.5 Å². The fourth-order valence-corrected chi connectivity index (χ4v) is 4.05. The number of rotatable bonds is 5. The molecular formula is C17H17N3O2S2. The van der Waals surface area contributed by atoms with Crippen LogP contribution in [0.5, 0.6) is 5.75 Å². The van der Waals surface area contributed by atoms with Crippen LogP contribution in [0.1, 0.15) is 18.7 Å². The van der Waals surface area contributed by atoms with Crippen LogP contribution in [0.25, 0.3) is 10.2 Å². The first-order chi connectivity index (χ1) is 11.6. The Morgan fingerprint density at radius 1 is 1.33 bits per heavy atom. The molecule has 0 aliphatic carbocycles. The van der Waals surface area contributed by atoms with E-state index in [2.05, 4.69) is 28.3 Å². The average Bonchev–Trinajstić information content (AvgIpc) is 3.01. The van der Waals surface area contributed by atoms with Crippen molar-refractivity contribution >= 4 is 44.9 Å². The normalized spacial score (nSPS) is 12.2. The number of carbonyl (C=O) groups is 1. The van der Waals surface area contributed by atoms with Crippen molar-refractivity contribution in [2.24, 2.45) is 0 Å². The van der Waals surface area contributed by atoms with Crippen LogP contribution in [0.4, 0.5) is 5.69 Å². The lowest BCUT2D eigenvalue weighted by Crippen LogP contribution is -2.22. The summed E-state index contributed by atoms with van der Waals surface area (Å²) in [5.41, 5.74) is 0.655. The van der Waals surface area contributed by atoms with E-state index in [1.807, 2.05) is 6.92 Å². The van der Waals surface area contributed by atoms with Gasteiger partial charge in [-0.3, -0.25) is 4.79 Å². The molecule has 1 aromatic carbocycles. The van der Waals surface area contributed by atoms with Gasteiger partial charge in [-0.15, -0.1) is 11.3 Å². The van der Waals surface area contributed by atoms with Crippen LogP contribution in [0, 0.1) is 0 Å². The zero-order valence-electron chi connectivity index (χ0n) is 13.3. The van der Waals surface area contributed by atoms with Crippen molar-refractivity contribution in [3.63, 3.8) is 0 Å². The van der Waals surface area contributed by atoms with E-state index in [9.17, 15) is 9.90 Å². The van der Waals surface area contributed by atoms with Crippen LogP contribution in [-0.2, 0) is 11.2 Å². The Hall–Kier alpha value is -2.12. The molecule has 0 aliphatic heterocycles. The number of fused-ring (bicyclic) bond motifs is 1. The molecule has 3 aromatic rings. The Morgan fingerprint density at radius 3 is 2.79 bits per heavy atom. The molecule has 1 atom stereocenters. The maximum absolute atomic E-state index is 12.4. The number of thioether (sulfide) groups is 1. The Bertz CT molecular complexity index is 862. The van der Waals surface area contributed by atoms with Crippen molar-refractivity contribution in [1.29, 1.82) is 0 Å². The molecule has 5 nitrogen and oxygen atoms in total. The second-order valence-corrected chi connectivity index (χ2v) is 7.70. The number of hydrogen-bond donors (Lipinski definition) is 2. The van der Waals surface area contributed by atoms with Gasteiger partial charge in [0, 0.05) is 16.0 Å². The minimum Gasteiger partial charge on any atom is -0.508 e. The summed E-state index contributed by atoms with van der Waals surface area (Å²) in [6.45, 7) is 3.96. The number of nitrogens with zero attached hydrogens (tertiary/aromatic N) is 2. The predicted octanol–water partition coefficient (Wildman–Crippen LogP) is 4.08. The lowest BCUT2D eigenvalue weighted by Gasteiger charge is -2.12. The van der Waals surface area contributed by atoms with Gasteiger partial charge in [-0.25, -0.2) is 9.97 Å². The average molecular weight is 359 g/mol. The molecule has 0 spiro atoms. The number of amides is 1. The number of carbonyl (C=O) groups excluding carboxylic acids is 1. The van der Waals surface area contributed by atoms with Gasteiger partial charge in [0.1, 0.15) is 21.9 Å². The van der Waals surface area contributed by atoms with E-state index in [1.54, 1.807) is 41.9 Å². The summed E-state index contributed by atoms with van der Waals surface area (Å²) >= 11 is 3.08. The molecule has 1 unspecified atom stereocenters. The van der Waals surface area contributed by atoms with Gasteiger partial charge in [0.2, 0.25) is 5.91 Å². The molecule has 0 fully saturated rings. The third-order valence-electron chi connectivity index (χ3n) is 3.48. The van der Waals surface area contributed by atoms with Gasteiger partial charge in [0.25, 0.3) is 0 Å². The monoisotopic (exact) mass is 359 g/mol. The summed E-state index contributed by atoms with van der Waals surface area (Å²) in [5.74, 6) is 0.0615. The maximum atomic E-state index is 12.4. The van der Waals surface area contributed by atoms with Gasteiger partial charge in [0.05, 0.1) is 5.25 Å². The molecule has 0 bridgehead atoms. The van der Waals surface area contributed by atoms with Crippen molar-refractivity contribution < 1.29 is 9.90 Å². The van der Waals surface area contributed by atoms with E-state index >= 15 is 0 Å². The van der Waals surface area contributed by atoms with E-state index in [0.717, 1.165) is 21.7 Å². The summed E-state index contributed by atoms with van der Waals surface area (Å²) in [5, 5.41) is 13.7. The van der Waals surface area contributed by atoms with Crippen LogP contribution in [0.3, 0.4) is 0 Å². The third-order valence-corrected chi connectivity index (χ3v) is 5.79. The number of aromatic hydroxyl groups is 1. The number of phenols is 1. The molecule has 0 saturated carbocycles. The van der Waals surface area contributed by atoms with Crippen molar-refractivity contribution in [1.82, 2.24) is 9.97 Å². The number of nitrogens with one attached hydrogen (secondary N) is 1. The van der Waals surface area contributed by atoms with E-state index in [4.69, 9.17) is 0 Å². The summed E-state index contributed by atoms with van der Waals surface area (Å²) in [4.78, 5) is 23.2. The molecule has 0 radical (unpaired) electrons. The van der Waals surface area contributed by atoms with Crippen molar-refractivity contribution in [2.75, 3.05) is 5.32 Å². The van der Waals surface area contributed by atoms with Gasteiger partial charge >= 0.3 is 0 Å². The Labute approximate surface area is 148 Å². The molecule has 7 heteroatoms. The maximum Gasteiger partial charge on any atom is 0.237 e. The fourth-order valence-electron chi connectivity index (χ4n) is 2.16. The molecule has 2 heterocycles. The number of anilines is 1. The van der Waals surface area contributed by atoms with E-state index in [1.165, 1.54) is 16.6 Å². The number of aryl methyl sites for hydroxylation is 1. The number of aromatic nitrogens is 2. The first-order valence-corrected chi connectivity index (χ1v) is 9.26. The van der Waals surface area contributed by atoms with E-state index in [0.29, 0.717) is 5.69 Å². The van der Waals surface area contributed by atoms with Gasteiger partial charge in [0.15, 0.2) is 0 Å². The lowest BCUT2D eigenvalue weighted by molar-refractivity contribution is -0.115. The number of benzene rings is 1. The Kier molecular flexibility index (Phi) is 5.01. The third kappa shape index (κ3) is 3.68. The molecule has 124 valence electrons. The minimum atomic E-state index is -0.304. The molecule has 2 aromatic heterocycles. The smallest absolute Gasteiger partial charge is 0.237 e. The molecule has 24 heavy (non-hydrogen) atoms. The highest BCUT2D eigenvalue weighted by atomic mass is 32.2. The van der Waals surface area contributed by atoms with E-state index < -0.39 is 0 Å². The molecule has 0 saturated heterocycles. The van der Waals surface area contributed by atoms with Gasteiger partial charge in [-0.2, -0.15) is 0 Å². The molecular weight excluding hydrogens is 342 g/mol. The summed E-state index contributed by atoms with van der Waals surface area (Å²) in [6, 6.07) is 8.52. The van der Waals surface area contributed by atoms with Gasteiger partial charge in [-0.1, -0.05) is 18.7 Å². The molecule has 2 N–H and O–H groups in total. The predicted molar refractivity (Wildman–Crippen MR) is 98.8 cm³/mol. The standard InChI is InChI=1S/C17H17N3O2S2/c1-3-13-8-14-16(18-9-19-17(14)24-13)23-10(2)15(22)20-11-4-6-12(21)7-5-11/h4-10,21H,3H2,1-2H3,(H,20,22). The van der Waals surface area contributed by atoms with Crippen LogP contribution in [0.15, 0.2) is 41.7 Å². The van der Waals surface area contributed by atoms with Gasteiger partial charge < -0.3 is 10.4 Å². The molecule has 1 amide bonds. The first kappa shape index (κ1) is 16.7. The van der Waals surface area contributed by atoms with E-state index in [-0.39, 0.29) is 16.9 Å². The van der Waals surface area contributed by atoms with Crippen LogP contribution in [-0.4, -0.2) is 26.2 Å². The summed E-state index contributed by atoms with van der Waals surface area (Å²) in [7, 11) is 0. The fraction of sp³-hybridized carbons (Fsp3) is 0.235. The SMILES string of the molecule is CCc1cc2c(SC(C)C(=O)Nc3ccc(O)cc3)ncnc2s1. The van der Waals surface area contributed by atoms with Gasteiger partial charge in [-0.05, 0) is 43.7 Å². The zero-order valence-corrected chi connectivity index (χ0v) is 14.9. The Morgan fingerprint density at radius 2 is 2.08 bits per heavy atom. The largest absolute Gasteiger partial charge is 0.508 e. The highest BCUT2D eigenvalue weighted by molar-refractivity contribution is 8.00.